The molecule has 1 aliphatic rings. The fourth-order valence-corrected chi connectivity index (χ4v) is 2.76. The fourth-order valence-electron chi connectivity index (χ4n) is 2.76. The van der Waals surface area contributed by atoms with Gasteiger partial charge in [0.15, 0.2) is 0 Å². The zero-order valence-electron chi connectivity index (χ0n) is 12.3. The van der Waals surface area contributed by atoms with Crippen molar-refractivity contribution in [3.05, 3.63) is 18.2 Å². The van der Waals surface area contributed by atoms with Crippen molar-refractivity contribution in [2.45, 2.75) is 52.5 Å². The lowest BCUT2D eigenvalue weighted by atomic mass is 9.92. The zero-order valence-corrected chi connectivity index (χ0v) is 12.3. The third-order valence-corrected chi connectivity index (χ3v) is 3.81. The molecule has 1 aliphatic carbocycles. The van der Waals surface area contributed by atoms with Crippen LogP contribution in [0.25, 0.3) is 0 Å². The highest BCUT2D eigenvalue weighted by Crippen LogP contribution is 2.38. The van der Waals surface area contributed by atoms with Crippen LogP contribution in [0.1, 0.15) is 46.5 Å². The Morgan fingerprint density at radius 2 is 2.21 bits per heavy atom. The second-order valence-corrected chi connectivity index (χ2v) is 6.35. The number of ether oxygens (including phenoxy) is 1. The highest BCUT2D eigenvalue weighted by Gasteiger charge is 2.30. The maximum atomic E-state index is 5.93. The summed E-state index contributed by atoms with van der Waals surface area (Å²) in [5, 5.41) is 3.60. The molecule has 106 valence electrons. The van der Waals surface area contributed by atoms with Crippen molar-refractivity contribution in [2.24, 2.45) is 5.41 Å². The molecule has 0 aromatic heterocycles. The highest BCUT2D eigenvalue weighted by molar-refractivity contribution is 5.61. The van der Waals surface area contributed by atoms with Gasteiger partial charge in [-0.25, -0.2) is 0 Å². The van der Waals surface area contributed by atoms with Gasteiger partial charge in [0.2, 0.25) is 0 Å². The van der Waals surface area contributed by atoms with Gasteiger partial charge < -0.3 is 15.8 Å². The molecule has 0 radical (unpaired) electrons. The van der Waals surface area contributed by atoms with Gasteiger partial charge >= 0.3 is 0 Å². The second kappa shape index (κ2) is 5.72. The summed E-state index contributed by atoms with van der Waals surface area (Å²) in [7, 11) is 0. The average Bonchev–Trinajstić information content (AvgIpc) is 2.69. The number of nitrogens with one attached hydrogen (secondary N) is 1. The first-order valence-corrected chi connectivity index (χ1v) is 7.29. The van der Waals surface area contributed by atoms with Crippen molar-refractivity contribution in [3.63, 3.8) is 0 Å². The van der Waals surface area contributed by atoms with E-state index in [1.54, 1.807) is 0 Å². The van der Waals surface area contributed by atoms with E-state index >= 15 is 0 Å². The van der Waals surface area contributed by atoms with Crippen LogP contribution in [0.15, 0.2) is 18.2 Å². The van der Waals surface area contributed by atoms with Crippen molar-refractivity contribution in [1.82, 2.24) is 0 Å². The van der Waals surface area contributed by atoms with Crippen molar-refractivity contribution >= 4 is 11.4 Å². The summed E-state index contributed by atoms with van der Waals surface area (Å²) in [4.78, 5) is 0. The van der Waals surface area contributed by atoms with E-state index < -0.39 is 0 Å². The number of nitrogens with two attached hydrogens (primary N) is 1. The first-order chi connectivity index (χ1) is 9.00. The molecule has 0 saturated heterocycles. The lowest BCUT2D eigenvalue weighted by Gasteiger charge is -2.19. The van der Waals surface area contributed by atoms with Crippen molar-refractivity contribution in [1.29, 1.82) is 0 Å². The molecule has 0 bridgehead atoms. The largest absolute Gasteiger partial charge is 0.491 e. The second-order valence-electron chi connectivity index (χ2n) is 6.35. The Morgan fingerprint density at radius 3 is 2.84 bits per heavy atom. The molecule has 3 N–H and O–H groups in total. The maximum absolute atomic E-state index is 5.93. The normalized spacial score (nSPS) is 21.3. The minimum Gasteiger partial charge on any atom is -0.491 e. The van der Waals surface area contributed by atoms with E-state index in [0.29, 0.717) is 23.8 Å². The zero-order chi connectivity index (χ0) is 13.9. The Bertz CT molecular complexity index is 429. The lowest BCUT2D eigenvalue weighted by molar-refractivity contribution is 0.319. The van der Waals surface area contributed by atoms with Gasteiger partial charge in [0.05, 0.1) is 12.3 Å². The SMILES string of the molecule is CCCOc1cc(NC2CCC(C)(C)C2)ccc1N. The van der Waals surface area contributed by atoms with Gasteiger partial charge in [-0.15, -0.1) is 0 Å². The summed E-state index contributed by atoms with van der Waals surface area (Å²) in [5.74, 6) is 0.795. The third-order valence-electron chi connectivity index (χ3n) is 3.81. The Labute approximate surface area is 116 Å². The van der Waals surface area contributed by atoms with Crippen molar-refractivity contribution in [2.75, 3.05) is 17.7 Å². The quantitative estimate of drug-likeness (QED) is 0.787. The van der Waals surface area contributed by atoms with Gasteiger partial charge in [-0.3, -0.25) is 0 Å². The minimum atomic E-state index is 0.465. The van der Waals surface area contributed by atoms with E-state index in [9.17, 15) is 0 Å². The molecule has 1 aromatic rings. The van der Waals surface area contributed by atoms with E-state index in [-0.39, 0.29) is 0 Å². The molecule has 3 heteroatoms. The van der Waals surface area contributed by atoms with Crippen LogP contribution in [0.5, 0.6) is 5.75 Å². The summed E-state index contributed by atoms with van der Waals surface area (Å²) >= 11 is 0. The molecule has 0 spiro atoms. The van der Waals surface area contributed by atoms with Crippen LogP contribution in [0.3, 0.4) is 0 Å². The molecule has 1 fully saturated rings. The Balaban J connectivity index is 2.01. The third kappa shape index (κ3) is 3.79. The first kappa shape index (κ1) is 14.0. The average molecular weight is 262 g/mol. The molecule has 0 amide bonds. The number of hydrogen-bond acceptors (Lipinski definition) is 3. The van der Waals surface area contributed by atoms with Gasteiger partial charge in [0.25, 0.3) is 0 Å². The number of hydrogen-bond donors (Lipinski definition) is 2. The topological polar surface area (TPSA) is 47.3 Å². The van der Waals surface area contributed by atoms with E-state index in [0.717, 1.165) is 17.9 Å². The molecule has 19 heavy (non-hydrogen) atoms. The van der Waals surface area contributed by atoms with Crippen LogP contribution >= 0.6 is 0 Å². The Hall–Kier alpha value is -1.38. The van der Waals surface area contributed by atoms with Crippen LogP contribution in [-0.2, 0) is 0 Å². The van der Waals surface area contributed by atoms with Gasteiger partial charge in [-0.2, -0.15) is 0 Å². The van der Waals surface area contributed by atoms with Gasteiger partial charge in [0, 0.05) is 17.8 Å². The molecule has 1 atom stereocenters. The van der Waals surface area contributed by atoms with Crippen LogP contribution in [0.4, 0.5) is 11.4 Å². The van der Waals surface area contributed by atoms with Crippen LogP contribution in [-0.4, -0.2) is 12.6 Å². The fraction of sp³-hybridized carbons (Fsp3) is 0.625. The van der Waals surface area contributed by atoms with Gasteiger partial charge in [0.1, 0.15) is 5.75 Å². The van der Waals surface area contributed by atoms with Crippen molar-refractivity contribution < 1.29 is 4.74 Å². The van der Waals surface area contributed by atoms with Crippen LogP contribution in [0, 0.1) is 5.41 Å². The van der Waals surface area contributed by atoms with Gasteiger partial charge in [-0.05, 0) is 43.2 Å². The van der Waals surface area contributed by atoms with E-state index in [4.69, 9.17) is 10.5 Å². The number of nitrogen functional groups attached to an aromatic ring is 1. The predicted molar refractivity (Wildman–Crippen MR) is 81.7 cm³/mol. The monoisotopic (exact) mass is 262 g/mol. The first-order valence-electron chi connectivity index (χ1n) is 7.29. The number of benzene rings is 1. The maximum Gasteiger partial charge on any atom is 0.144 e. The molecule has 0 aliphatic heterocycles. The van der Waals surface area contributed by atoms with Crippen LogP contribution in [0.2, 0.25) is 0 Å². The Morgan fingerprint density at radius 1 is 1.42 bits per heavy atom. The number of rotatable bonds is 5. The summed E-state index contributed by atoms with van der Waals surface area (Å²) in [6.45, 7) is 7.49. The van der Waals surface area contributed by atoms with E-state index in [1.807, 2.05) is 18.2 Å². The Kier molecular flexibility index (Phi) is 4.23. The standard InChI is InChI=1S/C16H26N2O/c1-4-9-19-15-10-12(5-6-14(15)17)18-13-7-8-16(2,3)11-13/h5-6,10,13,18H,4,7-9,11,17H2,1-3H3. The lowest BCUT2D eigenvalue weighted by Crippen LogP contribution is -2.17. The van der Waals surface area contributed by atoms with E-state index in [1.165, 1.54) is 19.3 Å². The molecule has 1 saturated carbocycles. The van der Waals surface area contributed by atoms with Gasteiger partial charge in [-0.1, -0.05) is 20.8 Å². The molecule has 2 rings (SSSR count). The molecule has 3 nitrogen and oxygen atoms in total. The number of anilines is 2. The molecular formula is C16H26N2O. The summed E-state index contributed by atoms with van der Waals surface area (Å²) < 4.78 is 5.67. The molecule has 0 heterocycles. The summed E-state index contributed by atoms with van der Waals surface area (Å²) in [6, 6.07) is 6.56. The molecule has 1 unspecified atom stereocenters. The minimum absolute atomic E-state index is 0.465. The highest BCUT2D eigenvalue weighted by atomic mass is 16.5. The molecule has 1 aromatic carbocycles. The van der Waals surface area contributed by atoms with Crippen molar-refractivity contribution in [3.8, 4) is 5.75 Å². The predicted octanol–water partition coefficient (Wildman–Crippen LogP) is 4.05. The van der Waals surface area contributed by atoms with E-state index in [2.05, 4.69) is 26.1 Å². The molecular weight excluding hydrogens is 236 g/mol. The summed E-state index contributed by atoms with van der Waals surface area (Å²) in [5.41, 5.74) is 8.22. The van der Waals surface area contributed by atoms with Crippen LogP contribution < -0.4 is 15.8 Å². The smallest absolute Gasteiger partial charge is 0.144 e. The summed E-state index contributed by atoms with van der Waals surface area (Å²) in [6.07, 6.45) is 4.75.